The van der Waals surface area contributed by atoms with E-state index in [0.29, 0.717) is 5.56 Å². The highest BCUT2D eigenvalue weighted by Gasteiger charge is 2.51. The molecule has 1 N–H and O–H groups in total. The van der Waals surface area contributed by atoms with Gasteiger partial charge in [0.1, 0.15) is 24.1 Å². The van der Waals surface area contributed by atoms with Gasteiger partial charge in [0.2, 0.25) is 0 Å². The van der Waals surface area contributed by atoms with E-state index >= 15 is 0 Å². The Hall–Kier alpha value is -3.19. The lowest BCUT2D eigenvalue weighted by Gasteiger charge is -2.46. The molecule has 194 valence electrons. The molecule has 2 aromatic carbocycles. The molecule has 0 radical (unpaired) electrons. The normalized spacial score (nSPS) is 27.8. The molecule has 3 aromatic rings. The summed E-state index contributed by atoms with van der Waals surface area (Å²) in [6.45, 7) is 1.49. The fourth-order valence-corrected chi connectivity index (χ4v) is 4.68. The molecule has 0 bridgehead atoms. The fourth-order valence-electron chi connectivity index (χ4n) is 4.51. The summed E-state index contributed by atoms with van der Waals surface area (Å²) in [5.74, 6) is 0.00110. The van der Waals surface area contributed by atoms with Gasteiger partial charge in [-0.15, -0.1) is 0 Å². The van der Waals surface area contributed by atoms with Gasteiger partial charge in [-0.25, -0.2) is 9.67 Å². The van der Waals surface area contributed by atoms with Crippen LogP contribution in [-0.2, 0) is 20.4 Å². The summed E-state index contributed by atoms with van der Waals surface area (Å²) < 4.78 is 60.2. The van der Waals surface area contributed by atoms with E-state index in [-0.39, 0.29) is 23.3 Å². The van der Waals surface area contributed by atoms with Crippen LogP contribution < -0.4 is 0 Å². The number of rotatable bonds is 4. The zero-order valence-corrected chi connectivity index (χ0v) is 19.9. The van der Waals surface area contributed by atoms with Crippen LogP contribution in [0.5, 0.6) is 0 Å². The average Bonchev–Trinajstić information content (AvgIpc) is 3.26. The summed E-state index contributed by atoms with van der Waals surface area (Å²) in [5.41, 5.74) is 8.52. The van der Waals surface area contributed by atoms with Crippen molar-refractivity contribution in [3.8, 4) is 5.69 Å². The number of halogens is 4. The van der Waals surface area contributed by atoms with E-state index in [9.17, 15) is 23.8 Å². The van der Waals surface area contributed by atoms with Gasteiger partial charge in [-0.3, -0.25) is 0 Å². The number of aliphatic hydroxyl groups excluding tert-OH is 1. The molecule has 3 heterocycles. The van der Waals surface area contributed by atoms with Gasteiger partial charge in [-0.2, -0.15) is 18.3 Å². The molecule has 1 aromatic heterocycles. The van der Waals surface area contributed by atoms with E-state index in [0.717, 1.165) is 22.9 Å². The molecule has 37 heavy (non-hydrogen) atoms. The van der Waals surface area contributed by atoms with Gasteiger partial charge < -0.3 is 19.3 Å². The maximum Gasteiger partial charge on any atom is 0.418 e. The minimum atomic E-state index is -4.72. The zero-order chi connectivity index (χ0) is 26.3. The number of aromatic nitrogens is 3. The second-order valence-electron chi connectivity index (χ2n) is 8.55. The summed E-state index contributed by atoms with van der Waals surface area (Å²) in [6, 6.07) is 10.9. The molecular formula is C23H20ClF3N6O4. The SMILES string of the molecule is Cc1nc([C@@H]2O[C@@H]3COC(c4ccccc4)O[C@@H]3[C@H](N=[N+]=[N-])[C@H]2O)n(-c2cc(Cl)ccc2C(F)(F)F)n1. The van der Waals surface area contributed by atoms with E-state index < -0.39 is 54.2 Å². The minimum Gasteiger partial charge on any atom is -0.389 e. The summed E-state index contributed by atoms with van der Waals surface area (Å²) >= 11 is 6.01. The van der Waals surface area contributed by atoms with Crippen LogP contribution in [0, 0.1) is 6.92 Å². The van der Waals surface area contributed by atoms with Crippen LogP contribution in [0.15, 0.2) is 53.6 Å². The van der Waals surface area contributed by atoms with Crippen molar-refractivity contribution in [3.05, 3.63) is 86.8 Å². The number of alkyl halides is 3. The molecule has 2 saturated heterocycles. The largest absolute Gasteiger partial charge is 0.418 e. The Labute approximate surface area is 213 Å². The molecule has 5 rings (SSSR count). The predicted octanol–water partition coefficient (Wildman–Crippen LogP) is 4.84. The third-order valence-electron chi connectivity index (χ3n) is 6.12. The van der Waals surface area contributed by atoms with Gasteiger partial charge in [-0.05, 0) is 30.7 Å². The molecule has 2 aliphatic rings. The van der Waals surface area contributed by atoms with Crippen LogP contribution in [0.3, 0.4) is 0 Å². The van der Waals surface area contributed by atoms with E-state index in [1.165, 1.54) is 6.92 Å². The molecular weight excluding hydrogens is 517 g/mol. The smallest absolute Gasteiger partial charge is 0.389 e. The molecule has 0 spiro atoms. The number of hydrogen-bond acceptors (Lipinski definition) is 7. The van der Waals surface area contributed by atoms with Crippen LogP contribution in [0.1, 0.15) is 35.2 Å². The Morgan fingerprint density at radius 1 is 1.19 bits per heavy atom. The van der Waals surface area contributed by atoms with Gasteiger partial charge in [0.25, 0.3) is 0 Å². The van der Waals surface area contributed by atoms with Gasteiger partial charge in [0, 0.05) is 15.5 Å². The number of hydrogen-bond donors (Lipinski definition) is 1. The maximum absolute atomic E-state index is 13.8. The van der Waals surface area contributed by atoms with Crippen molar-refractivity contribution in [2.24, 2.45) is 5.11 Å². The summed E-state index contributed by atoms with van der Waals surface area (Å²) in [5, 5.41) is 19.1. The zero-order valence-electron chi connectivity index (χ0n) is 19.2. The monoisotopic (exact) mass is 536 g/mol. The summed E-state index contributed by atoms with van der Waals surface area (Å²) in [4.78, 5) is 7.10. The van der Waals surface area contributed by atoms with Crippen molar-refractivity contribution in [1.82, 2.24) is 14.8 Å². The van der Waals surface area contributed by atoms with Crippen LogP contribution in [-0.4, -0.2) is 50.8 Å². The number of aliphatic hydroxyl groups is 1. The highest BCUT2D eigenvalue weighted by Crippen LogP contribution is 2.42. The summed E-state index contributed by atoms with van der Waals surface area (Å²) in [6.07, 6.45) is -10.1. The molecule has 2 fully saturated rings. The average molecular weight is 537 g/mol. The molecule has 1 unspecified atom stereocenters. The lowest BCUT2D eigenvalue weighted by molar-refractivity contribution is -0.309. The van der Waals surface area contributed by atoms with Gasteiger partial charge in [-0.1, -0.05) is 47.0 Å². The Morgan fingerprint density at radius 3 is 2.65 bits per heavy atom. The van der Waals surface area contributed by atoms with Crippen molar-refractivity contribution in [3.63, 3.8) is 0 Å². The van der Waals surface area contributed by atoms with Crippen LogP contribution in [0.4, 0.5) is 13.2 Å². The number of fused-ring (bicyclic) bond motifs is 1. The predicted molar refractivity (Wildman–Crippen MR) is 123 cm³/mol. The Morgan fingerprint density at radius 2 is 1.95 bits per heavy atom. The highest BCUT2D eigenvalue weighted by molar-refractivity contribution is 6.30. The first kappa shape index (κ1) is 25.5. The van der Waals surface area contributed by atoms with Gasteiger partial charge in [0.15, 0.2) is 12.1 Å². The number of nitrogens with zero attached hydrogens (tertiary/aromatic N) is 6. The quantitative estimate of drug-likeness (QED) is 0.289. The third kappa shape index (κ3) is 4.89. The summed E-state index contributed by atoms with van der Waals surface area (Å²) in [7, 11) is 0. The number of aryl methyl sites for hydroxylation is 1. The minimum absolute atomic E-state index is 0.00296. The molecule has 6 atom stereocenters. The van der Waals surface area contributed by atoms with Crippen molar-refractivity contribution < 1.29 is 32.5 Å². The second kappa shape index (κ2) is 9.93. The van der Waals surface area contributed by atoms with E-state index in [1.54, 1.807) is 12.1 Å². The Kier molecular flexibility index (Phi) is 6.84. The van der Waals surface area contributed by atoms with E-state index in [4.69, 9.17) is 25.8 Å². The number of benzene rings is 2. The van der Waals surface area contributed by atoms with Crippen LogP contribution >= 0.6 is 11.6 Å². The Bertz CT molecular complexity index is 1330. The van der Waals surface area contributed by atoms with Crippen molar-refractivity contribution in [2.45, 2.75) is 49.8 Å². The lowest BCUT2D eigenvalue weighted by atomic mass is 9.91. The van der Waals surface area contributed by atoms with E-state index in [1.807, 2.05) is 18.2 Å². The standard InChI is InChI=1S/C23H20ClF3N6O4/c1-11-29-21(33(31-11)15-9-13(24)7-8-14(15)23(25,26)27)20-18(34)17(30-32-28)19-16(36-20)10-35-22(37-19)12-5-3-2-4-6-12/h2-9,16-20,22,34H,10H2,1H3/t16-,17-,18-,19+,20-,22?/m1/s1. The Balaban J connectivity index is 1.53. The first-order chi connectivity index (χ1) is 17.7. The number of ether oxygens (including phenoxy) is 3. The van der Waals surface area contributed by atoms with Gasteiger partial charge >= 0.3 is 6.18 Å². The third-order valence-corrected chi connectivity index (χ3v) is 6.35. The van der Waals surface area contributed by atoms with Gasteiger partial charge in [0.05, 0.1) is 30.0 Å². The molecule has 0 saturated carbocycles. The van der Waals surface area contributed by atoms with Crippen molar-refractivity contribution >= 4 is 11.6 Å². The molecule has 14 heteroatoms. The first-order valence-corrected chi connectivity index (χ1v) is 11.6. The molecule has 0 aliphatic carbocycles. The first-order valence-electron chi connectivity index (χ1n) is 11.2. The highest BCUT2D eigenvalue weighted by atomic mass is 35.5. The van der Waals surface area contributed by atoms with Crippen LogP contribution in [0.25, 0.3) is 16.1 Å². The van der Waals surface area contributed by atoms with Crippen molar-refractivity contribution in [1.29, 1.82) is 0 Å². The maximum atomic E-state index is 13.8. The molecule has 10 nitrogen and oxygen atoms in total. The fraction of sp³-hybridized carbons (Fsp3) is 0.391. The van der Waals surface area contributed by atoms with Crippen LogP contribution in [0.2, 0.25) is 5.02 Å². The second-order valence-corrected chi connectivity index (χ2v) is 8.98. The van der Waals surface area contributed by atoms with Crippen molar-refractivity contribution in [2.75, 3.05) is 6.61 Å². The lowest BCUT2D eigenvalue weighted by Crippen LogP contribution is -2.58. The topological polar surface area (TPSA) is 127 Å². The number of azide groups is 1. The molecule has 2 aliphatic heterocycles. The van der Waals surface area contributed by atoms with E-state index in [2.05, 4.69) is 20.1 Å². The molecule has 0 amide bonds.